The first-order valence-corrected chi connectivity index (χ1v) is 4.80. The molecule has 1 aromatic rings. The molecule has 0 bridgehead atoms. The number of carbonyl (C=O) groups is 1. The summed E-state index contributed by atoms with van der Waals surface area (Å²) >= 11 is 3.21. The van der Waals surface area contributed by atoms with Gasteiger partial charge in [-0.3, -0.25) is 9.48 Å². The molecule has 1 heterocycles. The lowest BCUT2D eigenvalue weighted by Gasteiger charge is -2.06. The normalized spacial score (nSPS) is 12.9. The smallest absolute Gasteiger partial charge is 0.210 e. The van der Waals surface area contributed by atoms with Crippen molar-refractivity contribution in [3.63, 3.8) is 0 Å². The van der Waals surface area contributed by atoms with Crippen LogP contribution in [0.15, 0.2) is 10.7 Å². The largest absolute Gasteiger partial charge is 0.385 e. The summed E-state index contributed by atoms with van der Waals surface area (Å²) in [5.41, 5.74) is 0.428. The van der Waals surface area contributed by atoms with Gasteiger partial charge in [-0.05, 0) is 29.8 Å². The van der Waals surface area contributed by atoms with E-state index in [1.165, 1.54) is 6.92 Å². The van der Waals surface area contributed by atoms with Crippen LogP contribution in [0.1, 0.15) is 24.3 Å². The second-order valence-corrected chi connectivity index (χ2v) is 3.55. The maximum atomic E-state index is 11.5. The van der Waals surface area contributed by atoms with Crippen molar-refractivity contribution < 1.29 is 9.90 Å². The Kier molecular flexibility index (Phi) is 3.22. The van der Waals surface area contributed by atoms with Gasteiger partial charge in [0.2, 0.25) is 5.78 Å². The first kappa shape index (κ1) is 10.4. The number of carbonyl (C=O) groups excluding carboxylic acids is 1. The minimum Gasteiger partial charge on any atom is -0.385 e. The third-order valence-corrected chi connectivity index (χ3v) is 2.29. The molecule has 72 valence electrons. The number of aromatic nitrogens is 2. The Balaban J connectivity index is 3.11. The van der Waals surface area contributed by atoms with E-state index < -0.39 is 6.10 Å². The predicted octanol–water partition coefficient (Wildman–Crippen LogP) is 1.23. The Labute approximate surface area is 84.7 Å². The molecule has 5 heteroatoms. The molecule has 1 unspecified atom stereocenters. The van der Waals surface area contributed by atoms with Gasteiger partial charge in [0.05, 0.1) is 10.7 Å². The van der Waals surface area contributed by atoms with Crippen molar-refractivity contribution >= 4 is 21.7 Å². The van der Waals surface area contributed by atoms with E-state index in [0.717, 1.165) is 0 Å². The second-order valence-electron chi connectivity index (χ2n) is 2.70. The van der Waals surface area contributed by atoms with Crippen LogP contribution in [0.25, 0.3) is 0 Å². The minimum absolute atomic E-state index is 0.314. The van der Waals surface area contributed by atoms with Gasteiger partial charge in [-0.25, -0.2) is 0 Å². The highest BCUT2D eigenvalue weighted by Crippen LogP contribution is 2.17. The third kappa shape index (κ3) is 1.97. The molecule has 1 N–H and O–H groups in total. The number of aliphatic hydroxyl groups is 1. The number of hydrogen-bond acceptors (Lipinski definition) is 3. The molecule has 0 amide bonds. The summed E-state index contributed by atoms with van der Waals surface area (Å²) < 4.78 is 2.18. The SMILES string of the molecule is CCn1ncc(Br)c1C(=O)C(C)O. The molecule has 0 aliphatic heterocycles. The zero-order valence-corrected chi connectivity index (χ0v) is 9.08. The van der Waals surface area contributed by atoms with E-state index in [0.29, 0.717) is 16.7 Å². The van der Waals surface area contributed by atoms with Crippen LogP contribution < -0.4 is 0 Å². The van der Waals surface area contributed by atoms with Gasteiger partial charge < -0.3 is 5.11 Å². The molecule has 1 rings (SSSR count). The van der Waals surface area contributed by atoms with Gasteiger partial charge in [-0.15, -0.1) is 0 Å². The third-order valence-electron chi connectivity index (χ3n) is 1.71. The Hall–Kier alpha value is -0.680. The molecule has 0 aromatic carbocycles. The van der Waals surface area contributed by atoms with Crippen molar-refractivity contribution in [1.82, 2.24) is 9.78 Å². The van der Waals surface area contributed by atoms with E-state index in [4.69, 9.17) is 5.11 Å². The highest BCUT2D eigenvalue weighted by molar-refractivity contribution is 9.10. The monoisotopic (exact) mass is 246 g/mol. The lowest BCUT2D eigenvalue weighted by atomic mass is 10.2. The summed E-state index contributed by atoms with van der Waals surface area (Å²) in [7, 11) is 0. The van der Waals surface area contributed by atoms with Crippen molar-refractivity contribution in [2.75, 3.05) is 0 Å². The molecule has 0 aliphatic rings. The molecule has 0 aliphatic carbocycles. The van der Waals surface area contributed by atoms with Crippen molar-refractivity contribution in [2.45, 2.75) is 26.5 Å². The van der Waals surface area contributed by atoms with E-state index >= 15 is 0 Å². The quantitative estimate of drug-likeness (QED) is 0.817. The number of halogens is 1. The molecule has 0 saturated carbocycles. The first-order chi connectivity index (χ1) is 6.07. The second kappa shape index (κ2) is 4.02. The highest BCUT2D eigenvalue weighted by Gasteiger charge is 2.20. The summed E-state index contributed by atoms with van der Waals surface area (Å²) in [5.74, 6) is -0.314. The van der Waals surface area contributed by atoms with Crippen molar-refractivity contribution in [1.29, 1.82) is 0 Å². The molecule has 0 radical (unpaired) electrons. The lowest BCUT2D eigenvalue weighted by molar-refractivity contribution is 0.0767. The number of hydrogen-bond donors (Lipinski definition) is 1. The van der Waals surface area contributed by atoms with Crippen LogP contribution in [0.2, 0.25) is 0 Å². The van der Waals surface area contributed by atoms with E-state index in [-0.39, 0.29) is 5.78 Å². The molecule has 1 aromatic heterocycles. The number of rotatable bonds is 3. The maximum absolute atomic E-state index is 11.5. The zero-order chi connectivity index (χ0) is 10.0. The molecular formula is C8H11BrN2O2. The molecule has 13 heavy (non-hydrogen) atoms. The molecule has 0 saturated heterocycles. The Morgan fingerprint density at radius 2 is 2.46 bits per heavy atom. The van der Waals surface area contributed by atoms with Crippen LogP contribution in [0.3, 0.4) is 0 Å². The summed E-state index contributed by atoms with van der Waals surface area (Å²) in [5, 5.41) is 13.1. The number of aliphatic hydroxyl groups excluding tert-OH is 1. The Morgan fingerprint density at radius 1 is 1.85 bits per heavy atom. The van der Waals surface area contributed by atoms with Crippen LogP contribution in [-0.2, 0) is 6.54 Å². The number of aryl methyl sites for hydroxylation is 1. The fourth-order valence-corrected chi connectivity index (χ4v) is 1.54. The fraction of sp³-hybridized carbons (Fsp3) is 0.500. The summed E-state index contributed by atoms with van der Waals surface area (Å²) in [6.45, 7) is 3.94. The van der Waals surface area contributed by atoms with E-state index in [2.05, 4.69) is 21.0 Å². The first-order valence-electron chi connectivity index (χ1n) is 4.01. The van der Waals surface area contributed by atoms with Crippen LogP contribution in [0.4, 0.5) is 0 Å². The number of ketones is 1. The van der Waals surface area contributed by atoms with Gasteiger partial charge in [0.1, 0.15) is 11.8 Å². The van der Waals surface area contributed by atoms with Crippen molar-refractivity contribution in [3.05, 3.63) is 16.4 Å². The molecule has 0 fully saturated rings. The van der Waals surface area contributed by atoms with E-state index in [1.807, 2.05) is 6.92 Å². The van der Waals surface area contributed by atoms with Gasteiger partial charge in [0.15, 0.2) is 0 Å². The van der Waals surface area contributed by atoms with Crippen LogP contribution >= 0.6 is 15.9 Å². The summed E-state index contributed by atoms with van der Waals surface area (Å²) in [6, 6.07) is 0. The maximum Gasteiger partial charge on any atom is 0.210 e. The molecule has 0 spiro atoms. The fourth-order valence-electron chi connectivity index (χ4n) is 1.05. The highest BCUT2D eigenvalue weighted by atomic mass is 79.9. The van der Waals surface area contributed by atoms with E-state index in [1.54, 1.807) is 10.9 Å². The summed E-state index contributed by atoms with van der Waals surface area (Å²) in [6.07, 6.45) is 0.567. The topological polar surface area (TPSA) is 55.1 Å². The van der Waals surface area contributed by atoms with Crippen LogP contribution in [0.5, 0.6) is 0 Å². The Bertz CT molecular complexity index is 320. The van der Waals surface area contributed by atoms with Gasteiger partial charge in [0.25, 0.3) is 0 Å². The molecule has 4 nitrogen and oxygen atoms in total. The van der Waals surface area contributed by atoms with E-state index in [9.17, 15) is 4.79 Å². The lowest BCUT2D eigenvalue weighted by Crippen LogP contribution is -2.20. The average Bonchev–Trinajstić information content (AvgIpc) is 2.45. The minimum atomic E-state index is -0.988. The molecular weight excluding hydrogens is 236 g/mol. The van der Waals surface area contributed by atoms with Crippen LogP contribution in [-0.4, -0.2) is 26.8 Å². The van der Waals surface area contributed by atoms with Gasteiger partial charge in [0, 0.05) is 6.54 Å². The van der Waals surface area contributed by atoms with Crippen molar-refractivity contribution in [2.24, 2.45) is 0 Å². The zero-order valence-electron chi connectivity index (χ0n) is 7.49. The molecule has 1 atom stereocenters. The number of nitrogens with zero attached hydrogens (tertiary/aromatic N) is 2. The Morgan fingerprint density at radius 3 is 2.92 bits per heavy atom. The van der Waals surface area contributed by atoms with Crippen LogP contribution in [0, 0.1) is 0 Å². The van der Waals surface area contributed by atoms with Gasteiger partial charge in [-0.1, -0.05) is 0 Å². The number of Topliss-reactive ketones (excluding diaryl/α,β-unsaturated/α-hetero) is 1. The van der Waals surface area contributed by atoms with Crippen molar-refractivity contribution in [3.8, 4) is 0 Å². The average molecular weight is 247 g/mol. The summed E-state index contributed by atoms with van der Waals surface area (Å²) in [4.78, 5) is 11.5. The van der Waals surface area contributed by atoms with Gasteiger partial charge in [-0.2, -0.15) is 5.10 Å². The van der Waals surface area contributed by atoms with Gasteiger partial charge >= 0.3 is 0 Å². The standard InChI is InChI=1S/C8H11BrN2O2/c1-3-11-7(6(9)4-10-11)8(13)5(2)12/h4-5,12H,3H2,1-2H3. The predicted molar refractivity (Wildman–Crippen MR) is 51.6 cm³/mol.